The maximum Gasteiger partial charge on any atom is 0.329 e. The predicted molar refractivity (Wildman–Crippen MR) is 124 cm³/mol. The molecule has 0 aliphatic rings. The minimum Gasteiger partial charge on any atom is -0.458 e. The minimum absolute atomic E-state index is 0.0309. The quantitative estimate of drug-likeness (QED) is 0.228. The standard InChI is InChI=1S/C22H18BrN5O5/c23-14-6-8-16(9-7-14)27-21(31)22(32)28-25-13-18-11-10-17(33-18)12-24-19(29)20(30)26-15-4-2-1-3-5-15/h1-11,13H,12H2,(H,24,29)(H,26,30)(H,27,31)(H,28,32)/b25-13+. The molecule has 4 N–H and O–H groups in total. The number of nitrogens with one attached hydrogen (secondary N) is 4. The lowest BCUT2D eigenvalue weighted by atomic mass is 10.3. The first-order valence-corrected chi connectivity index (χ1v) is 10.3. The first kappa shape index (κ1) is 23.4. The summed E-state index contributed by atoms with van der Waals surface area (Å²) in [6, 6.07) is 18.4. The third-order valence-electron chi connectivity index (χ3n) is 4.01. The molecule has 0 saturated carbocycles. The van der Waals surface area contributed by atoms with E-state index in [2.05, 4.69) is 42.4 Å². The molecule has 3 rings (SSSR count). The number of halogens is 1. The number of para-hydroxylation sites is 1. The van der Waals surface area contributed by atoms with E-state index >= 15 is 0 Å². The molecule has 0 spiro atoms. The molecule has 3 aromatic rings. The highest BCUT2D eigenvalue weighted by Gasteiger charge is 2.14. The van der Waals surface area contributed by atoms with Crippen molar-refractivity contribution in [2.24, 2.45) is 5.10 Å². The lowest BCUT2D eigenvalue weighted by Crippen LogP contribution is -2.34. The van der Waals surface area contributed by atoms with E-state index in [1.165, 1.54) is 6.21 Å². The SMILES string of the molecule is O=C(NCc1ccc(/C=N/NC(=O)C(=O)Nc2ccc(Br)cc2)o1)C(=O)Nc1ccccc1. The fourth-order valence-electron chi connectivity index (χ4n) is 2.44. The Bertz CT molecular complexity index is 1180. The zero-order valence-electron chi connectivity index (χ0n) is 17.0. The molecular weight excluding hydrogens is 494 g/mol. The zero-order chi connectivity index (χ0) is 23.6. The highest BCUT2D eigenvalue weighted by molar-refractivity contribution is 9.10. The van der Waals surface area contributed by atoms with Crippen molar-refractivity contribution in [1.29, 1.82) is 0 Å². The summed E-state index contributed by atoms with van der Waals surface area (Å²) >= 11 is 3.28. The van der Waals surface area contributed by atoms with Gasteiger partial charge in [-0.2, -0.15) is 5.10 Å². The molecule has 1 heterocycles. The maximum absolute atomic E-state index is 11.9. The first-order valence-electron chi connectivity index (χ1n) is 9.53. The molecule has 2 aromatic carbocycles. The summed E-state index contributed by atoms with van der Waals surface area (Å²) in [7, 11) is 0. The molecule has 0 unspecified atom stereocenters. The molecule has 0 atom stereocenters. The molecule has 0 radical (unpaired) electrons. The van der Waals surface area contributed by atoms with Gasteiger partial charge in [0.2, 0.25) is 0 Å². The van der Waals surface area contributed by atoms with Crippen LogP contribution in [0.15, 0.2) is 80.7 Å². The van der Waals surface area contributed by atoms with Gasteiger partial charge in [-0.15, -0.1) is 0 Å². The van der Waals surface area contributed by atoms with Crippen LogP contribution < -0.4 is 21.4 Å². The average molecular weight is 512 g/mol. The molecule has 10 nitrogen and oxygen atoms in total. The van der Waals surface area contributed by atoms with Gasteiger partial charge >= 0.3 is 23.6 Å². The molecule has 0 aliphatic heterocycles. The van der Waals surface area contributed by atoms with E-state index in [0.717, 1.165) is 4.47 Å². The van der Waals surface area contributed by atoms with Crippen LogP contribution in [-0.4, -0.2) is 29.8 Å². The fraction of sp³-hybridized carbons (Fsp3) is 0.0455. The summed E-state index contributed by atoms with van der Waals surface area (Å²) in [6.45, 7) is -0.0309. The van der Waals surface area contributed by atoms with Gasteiger partial charge in [-0.25, -0.2) is 5.43 Å². The van der Waals surface area contributed by atoms with E-state index in [1.807, 2.05) is 0 Å². The summed E-state index contributed by atoms with van der Waals surface area (Å²) in [4.78, 5) is 47.5. The van der Waals surface area contributed by atoms with Crippen molar-refractivity contribution in [2.75, 3.05) is 10.6 Å². The van der Waals surface area contributed by atoms with Gasteiger partial charge in [0.05, 0.1) is 12.8 Å². The van der Waals surface area contributed by atoms with Gasteiger partial charge in [0, 0.05) is 15.8 Å². The average Bonchev–Trinajstić information content (AvgIpc) is 3.27. The monoisotopic (exact) mass is 511 g/mol. The number of anilines is 2. The van der Waals surface area contributed by atoms with Gasteiger partial charge < -0.3 is 20.4 Å². The van der Waals surface area contributed by atoms with Crippen LogP contribution in [0.2, 0.25) is 0 Å². The Morgan fingerprint density at radius 3 is 2.12 bits per heavy atom. The number of hydrazone groups is 1. The molecule has 33 heavy (non-hydrogen) atoms. The number of amides is 4. The molecule has 11 heteroatoms. The fourth-order valence-corrected chi connectivity index (χ4v) is 2.71. The number of carbonyl (C=O) groups is 4. The summed E-state index contributed by atoms with van der Waals surface area (Å²) < 4.78 is 6.26. The number of benzene rings is 2. The largest absolute Gasteiger partial charge is 0.458 e. The normalized spacial score (nSPS) is 10.5. The van der Waals surface area contributed by atoms with E-state index in [-0.39, 0.29) is 12.3 Å². The summed E-state index contributed by atoms with van der Waals surface area (Å²) in [5.41, 5.74) is 3.04. The number of nitrogens with zero attached hydrogens (tertiary/aromatic N) is 1. The summed E-state index contributed by atoms with van der Waals surface area (Å²) in [5, 5.41) is 11.0. The van der Waals surface area contributed by atoms with Crippen LogP contribution in [0, 0.1) is 0 Å². The molecule has 0 fully saturated rings. The minimum atomic E-state index is -0.961. The van der Waals surface area contributed by atoms with Gasteiger partial charge in [0.1, 0.15) is 11.5 Å². The van der Waals surface area contributed by atoms with E-state index < -0.39 is 23.6 Å². The number of furan rings is 1. The van der Waals surface area contributed by atoms with Gasteiger partial charge in [-0.1, -0.05) is 34.1 Å². The Labute approximate surface area is 196 Å². The van der Waals surface area contributed by atoms with Gasteiger partial charge in [0.15, 0.2) is 0 Å². The molecule has 0 bridgehead atoms. The Morgan fingerprint density at radius 2 is 1.42 bits per heavy atom. The highest BCUT2D eigenvalue weighted by atomic mass is 79.9. The van der Waals surface area contributed by atoms with Crippen LogP contribution in [0.3, 0.4) is 0 Å². The van der Waals surface area contributed by atoms with Crippen LogP contribution in [0.4, 0.5) is 11.4 Å². The number of hydrogen-bond donors (Lipinski definition) is 4. The predicted octanol–water partition coefficient (Wildman–Crippen LogP) is 2.39. The van der Waals surface area contributed by atoms with Crippen LogP contribution >= 0.6 is 15.9 Å². The van der Waals surface area contributed by atoms with Gasteiger partial charge in [0.25, 0.3) is 0 Å². The topological polar surface area (TPSA) is 142 Å². The molecule has 4 amide bonds. The highest BCUT2D eigenvalue weighted by Crippen LogP contribution is 2.14. The van der Waals surface area contributed by atoms with E-state index in [4.69, 9.17) is 4.42 Å². The molecule has 0 aliphatic carbocycles. The third kappa shape index (κ3) is 7.43. The van der Waals surface area contributed by atoms with Crippen molar-refractivity contribution in [2.45, 2.75) is 6.54 Å². The summed E-state index contributed by atoms with van der Waals surface area (Å²) in [5.74, 6) is -2.85. The Hall–Kier alpha value is -4.25. The second-order valence-corrected chi connectivity index (χ2v) is 7.38. The smallest absolute Gasteiger partial charge is 0.329 e. The Morgan fingerprint density at radius 1 is 0.788 bits per heavy atom. The van der Waals surface area contributed by atoms with E-state index in [0.29, 0.717) is 17.1 Å². The lowest BCUT2D eigenvalue weighted by Gasteiger charge is -2.05. The van der Waals surface area contributed by atoms with Crippen molar-refractivity contribution >= 4 is 57.1 Å². The van der Waals surface area contributed by atoms with Gasteiger partial charge in [-0.05, 0) is 48.5 Å². The number of rotatable bonds is 6. The third-order valence-corrected chi connectivity index (χ3v) is 4.54. The second kappa shape index (κ2) is 11.4. The van der Waals surface area contributed by atoms with Crippen LogP contribution in [0.5, 0.6) is 0 Å². The van der Waals surface area contributed by atoms with Crippen molar-refractivity contribution in [1.82, 2.24) is 10.7 Å². The maximum atomic E-state index is 11.9. The second-order valence-electron chi connectivity index (χ2n) is 6.47. The zero-order valence-corrected chi connectivity index (χ0v) is 18.6. The first-order chi connectivity index (χ1) is 15.9. The van der Waals surface area contributed by atoms with Gasteiger partial charge in [-0.3, -0.25) is 19.2 Å². The molecular formula is C22H18BrN5O5. The van der Waals surface area contributed by atoms with Crippen molar-refractivity contribution in [3.8, 4) is 0 Å². The van der Waals surface area contributed by atoms with Crippen molar-refractivity contribution < 1.29 is 23.6 Å². The summed E-state index contributed by atoms with van der Waals surface area (Å²) in [6.07, 6.45) is 1.19. The van der Waals surface area contributed by atoms with Crippen molar-refractivity contribution in [3.05, 3.63) is 82.7 Å². The Kier molecular flexibility index (Phi) is 8.08. The number of carbonyl (C=O) groups excluding carboxylic acids is 4. The lowest BCUT2D eigenvalue weighted by molar-refractivity contribution is -0.136. The molecule has 1 aromatic heterocycles. The van der Waals surface area contributed by atoms with Crippen LogP contribution in [-0.2, 0) is 25.7 Å². The van der Waals surface area contributed by atoms with E-state index in [9.17, 15) is 19.2 Å². The molecule has 0 saturated heterocycles. The number of hydrogen-bond acceptors (Lipinski definition) is 6. The van der Waals surface area contributed by atoms with Crippen LogP contribution in [0.1, 0.15) is 11.5 Å². The van der Waals surface area contributed by atoms with Crippen LogP contribution in [0.25, 0.3) is 0 Å². The van der Waals surface area contributed by atoms with Crippen molar-refractivity contribution in [3.63, 3.8) is 0 Å². The molecule has 168 valence electrons. The Balaban J connectivity index is 1.42. The van der Waals surface area contributed by atoms with E-state index in [1.54, 1.807) is 66.7 Å².